The van der Waals surface area contributed by atoms with E-state index >= 15 is 0 Å². The van der Waals surface area contributed by atoms with Gasteiger partial charge in [0.2, 0.25) is 0 Å². The first kappa shape index (κ1) is 13.1. The SMILES string of the molecule is CNCc1ccc(Sc2ccccc2C)c(F)c1. The molecule has 0 unspecified atom stereocenters. The van der Waals surface area contributed by atoms with Crippen molar-refractivity contribution in [2.75, 3.05) is 7.05 Å². The van der Waals surface area contributed by atoms with Crippen LogP contribution in [0.15, 0.2) is 52.3 Å². The topological polar surface area (TPSA) is 12.0 Å². The van der Waals surface area contributed by atoms with Crippen LogP contribution in [0.2, 0.25) is 0 Å². The van der Waals surface area contributed by atoms with E-state index in [1.807, 2.05) is 50.4 Å². The molecule has 0 heterocycles. The largest absolute Gasteiger partial charge is 0.316 e. The highest BCUT2D eigenvalue weighted by atomic mass is 32.2. The van der Waals surface area contributed by atoms with Crippen molar-refractivity contribution in [2.45, 2.75) is 23.3 Å². The summed E-state index contributed by atoms with van der Waals surface area (Å²) in [7, 11) is 1.86. The first-order valence-electron chi connectivity index (χ1n) is 5.87. The average molecular weight is 261 g/mol. The van der Waals surface area contributed by atoms with Gasteiger partial charge in [-0.2, -0.15) is 0 Å². The van der Waals surface area contributed by atoms with E-state index in [1.54, 1.807) is 6.07 Å². The number of aryl methyl sites for hydroxylation is 1. The Morgan fingerprint density at radius 1 is 1.11 bits per heavy atom. The Hall–Kier alpha value is -1.32. The molecule has 0 atom stereocenters. The molecule has 2 rings (SSSR count). The fourth-order valence-electron chi connectivity index (χ4n) is 1.73. The van der Waals surface area contributed by atoms with Crippen LogP contribution in [-0.2, 0) is 6.54 Å². The lowest BCUT2D eigenvalue weighted by molar-refractivity contribution is 0.598. The Kier molecular flexibility index (Phi) is 4.39. The molecular formula is C15H16FNS. The van der Waals surface area contributed by atoms with Crippen LogP contribution in [0.3, 0.4) is 0 Å². The third-order valence-corrected chi connectivity index (χ3v) is 3.92. The quantitative estimate of drug-likeness (QED) is 0.892. The normalized spacial score (nSPS) is 10.6. The van der Waals surface area contributed by atoms with Crippen molar-refractivity contribution < 1.29 is 4.39 Å². The second-order valence-corrected chi connectivity index (χ2v) is 5.25. The number of hydrogen-bond donors (Lipinski definition) is 1. The molecule has 0 aliphatic carbocycles. The van der Waals surface area contributed by atoms with Crippen LogP contribution in [0, 0.1) is 12.7 Å². The van der Waals surface area contributed by atoms with Gasteiger partial charge in [0, 0.05) is 16.3 Å². The molecule has 0 saturated heterocycles. The Labute approximate surface area is 111 Å². The predicted octanol–water partition coefficient (Wildman–Crippen LogP) is 4.00. The summed E-state index contributed by atoms with van der Waals surface area (Å²) in [5.74, 6) is -0.156. The van der Waals surface area contributed by atoms with E-state index in [1.165, 1.54) is 17.3 Å². The maximum absolute atomic E-state index is 13.9. The van der Waals surface area contributed by atoms with Gasteiger partial charge < -0.3 is 5.32 Å². The molecule has 0 aromatic heterocycles. The van der Waals surface area contributed by atoms with Crippen LogP contribution < -0.4 is 5.32 Å². The lowest BCUT2D eigenvalue weighted by Crippen LogP contribution is -2.05. The predicted molar refractivity (Wildman–Crippen MR) is 74.5 cm³/mol. The van der Waals surface area contributed by atoms with Crippen molar-refractivity contribution in [3.05, 3.63) is 59.4 Å². The summed E-state index contributed by atoms with van der Waals surface area (Å²) >= 11 is 1.47. The van der Waals surface area contributed by atoms with Gasteiger partial charge in [0.25, 0.3) is 0 Å². The zero-order chi connectivity index (χ0) is 13.0. The molecule has 0 aliphatic heterocycles. The minimum absolute atomic E-state index is 0.156. The zero-order valence-electron chi connectivity index (χ0n) is 10.5. The third kappa shape index (κ3) is 3.12. The highest BCUT2D eigenvalue weighted by Gasteiger charge is 2.06. The van der Waals surface area contributed by atoms with Crippen molar-refractivity contribution in [3.63, 3.8) is 0 Å². The smallest absolute Gasteiger partial charge is 0.137 e. The van der Waals surface area contributed by atoms with Gasteiger partial charge in [-0.1, -0.05) is 36.0 Å². The summed E-state index contributed by atoms with van der Waals surface area (Å²) in [6, 6.07) is 13.4. The maximum Gasteiger partial charge on any atom is 0.137 e. The molecular weight excluding hydrogens is 245 g/mol. The van der Waals surface area contributed by atoms with Gasteiger partial charge in [0.05, 0.1) is 0 Å². The second kappa shape index (κ2) is 6.03. The van der Waals surface area contributed by atoms with Gasteiger partial charge in [0.15, 0.2) is 0 Å². The van der Waals surface area contributed by atoms with Gasteiger partial charge in [-0.05, 0) is 43.3 Å². The molecule has 0 fully saturated rings. The van der Waals surface area contributed by atoms with Crippen LogP contribution in [0.1, 0.15) is 11.1 Å². The standard InChI is InChI=1S/C15H16FNS/c1-11-5-3-4-6-14(11)18-15-8-7-12(10-17-2)9-13(15)16/h3-9,17H,10H2,1-2H3. The molecule has 0 radical (unpaired) electrons. The van der Waals surface area contributed by atoms with Crippen LogP contribution in [0.5, 0.6) is 0 Å². The molecule has 0 spiro atoms. The van der Waals surface area contributed by atoms with E-state index in [2.05, 4.69) is 5.32 Å². The van der Waals surface area contributed by atoms with Crippen molar-refractivity contribution in [3.8, 4) is 0 Å². The molecule has 0 amide bonds. The monoisotopic (exact) mass is 261 g/mol. The molecule has 3 heteroatoms. The molecule has 2 aromatic carbocycles. The van der Waals surface area contributed by atoms with E-state index in [9.17, 15) is 4.39 Å². The fraction of sp³-hybridized carbons (Fsp3) is 0.200. The number of hydrogen-bond acceptors (Lipinski definition) is 2. The Morgan fingerprint density at radius 2 is 1.89 bits per heavy atom. The first-order valence-corrected chi connectivity index (χ1v) is 6.69. The van der Waals surface area contributed by atoms with E-state index in [0.29, 0.717) is 11.4 Å². The third-order valence-electron chi connectivity index (χ3n) is 2.69. The number of nitrogens with one attached hydrogen (secondary N) is 1. The minimum Gasteiger partial charge on any atom is -0.316 e. The zero-order valence-corrected chi connectivity index (χ0v) is 11.4. The van der Waals surface area contributed by atoms with Gasteiger partial charge in [-0.3, -0.25) is 0 Å². The number of benzene rings is 2. The fourth-order valence-corrected chi connectivity index (χ4v) is 2.64. The molecule has 0 aliphatic rings. The highest BCUT2D eigenvalue weighted by molar-refractivity contribution is 7.99. The van der Waals surface area contributed by atoms with Gasteiger partial charge in [-0.15, -0.1) is 0 Å². The Bertz CT molecular complexity index is 540. The molecule has 1 nitrogen and oxygen atoms in total. The number of halogens is 1. The molecule has 94 valence electrons. The number of rotatable bonds is 4. The van der Waals surface area contributed by atoms with Crippen molar-refractivity contribution in [2.24, 2.45) is 0 Å². The van der Waals surface area contributed by atoms with Crippen LogP contribution in [-0.4, -0.2) is 7.05 Å². The summed E-state index contributed by atoms with van der Waals surface area (Å²) in [5, 5.41) is 3.02. The lowest BCUT2D eigenvalue weighted by Gasteiger charge is -2.07. The highest BCUT2D eigenvalue weighted by Crippen LogP contribution is 2.32. The van der Waals surface area contributed by atoms with Crippen molar-refractivity contribution in [1.29, 1.82) is 0 Å². The molecule has 0 saturated carbocycles. The van der Waals surface area contributed by atoms with Crippen LogP contribution >= 0.6 is 11.8 Å². The lowest BCUT2D eigenvalue weighted by atomic mass is 10.2. The maximum atomic E-state index is 13.9. The van der Waals surface area contributed by atoms with E-state index in [0.717, 1.165) is 10.5 Å². The van der Waals surface area contributed by atoms with Crippen molar-refractivity contribution >= 4 is 11.8 Å². The first-order chi connectivity index (χ1) is 8.70. The van der Waals surface area contributed by atoms with Gasteiger partial charge in [-0.25, -0.2) is 4.39 Å². The van der Waals surface area contributed by atoms with E-state index < -0.39 is 0 Å². The molecule has 0 bridgehead atoms. The Balaban J connectivity index is 2.22. The second-order valence-electron chi connectivity index (χ2n) is 4.16. The molecule has 2 aromatic rings. The summed E-state index contributed by atoms with van der Waals surface area (Å²) in [6.45, 7) is 2.72. The van der Waals surface area contributed by atoms with Crippen LogP contribution in [0.25, 0.3) is 0 Å². The summed E-state index contributed by atoms with van der Waals surface area (Å²) in [6.07, 6.45) is 0. The van der Waals surface area contributed by atoms with E-state index in [4.69, 9.17) is 0 Å². The van der Waals surface area contributed by atoms with Gasteiger partial charge >= 0.3 is 0 Å². The Morgan fingerprint density at radius 3 is 2.56 bits per heavy atom. The molecule has 18 heavy (non-hydrogen) atoms. The summed E-state index contributed by atoms with van der Waals surface area (Å²) < 4.78 is 13.9. The van der Waals surface area contributed by atoms with Gasteiger partial charge in [0.1, 0.15) is 5.82 Å². The minimum atomic E-state index is -0.156. The van der Waals surface area contributed by atoms with Crippen molar-refractivity contribution in [1.82, 2.24) is 5.32 Å². The average Bonchev–Trinajstić information content (AvgIpc) is 2.35. The summed E-state index contributed by atoms with van der Waals surface area (Å²) in [5.41, 5.74) is 2.13. The van der Waals surface area contributed by atoms with Crippen LogP contribution in [0.4, 0.5) is 4.39 Å². The van der Waals surface area contributed by atoms with E-state index in [-0.39, 0.29) is 5.82 Å². The molecule has 1 N–H and O–H groups in total. The summed E-state index contributed by atoms with van der Waals surface area (Å²) in [4.78, 5) is 1.77.